The van der Waals surface area contributed by atoms with E-state index in [1.807, 2.05) is 0 Å². The number of ether oxygens (including phenoxy) is 3. The number of rotatable bonds is 4. The minimum atomic E-state index is -0.493. The Morgan fingerprint density at radius 1 is 1.12 bits per heavy atom. The number of nitrogens with zero attached hydrogens (tertiary/aromatic N) is 1. The van der Waals surface area contributed by atoms with Crippen molar-refractivity contribution in [2.24, 2.45) is 0 Å². The van der Waals surface area contributed by atoms with Gasteiger partial charge in [0, 0.05) is 12.6 Å². The van der Waals surface area contributed by atoms with Crippen molar-refractivity contribution in [3.8, 4) is 17.2 Å². The van der Waals surface area contributed by atoms with Crippen LogP contribution < -0.4 is 20.0 Å². The van der Waals surface area contributed by atoms with Gasteiger partial charge in [-0.25, -0.2) is 4.79 Å². The molecule has 0 amide bonds. The summed E-state index contributed by atoms with van der Waals surface area (Å²) in [6.45, 7) is 0.336. The lowest BCUT2D eigenvalue weighted by Crippen LogP contribution is -2.18. The average molecular weight is 327 g/mol. The molecule has 2 aromatic carbocycles. The summed E-state index contributed by atoms with van der Waals surface area (Å²) >= 11 is 0. The standard InChI is InChI=1S/C17H13NO6/c19-16(23-11-5-6-14-15(9-11)22-10-21-14)7-8-18-12-3-1-2-4-13(12)24-17(18)20/h1-6,9H,7-8,10H2. The predicted octanol–water partition coefficient (Wildman–Crippen LogP) is 2.32. The molecule has 1 aromatic heterocycles. The Morgan fingerprint density at radius 3 is 2.88 bits per heavy atom. The third kappa shape index (κ3) is 2.60. The molecule has 0 N–H and O–H groups in total. The van der Waals surface area contributed by atoms with Crippen molar-refractivity contribution in [1.29, 1.82) is 0 Å². The van der Waals surface area contributed by atoms with Crippen molar-refractivity contribution < 1.29 is 23.4 Å². The van der Waals surface area contributed by atoms with Gasteiger partial charge < -0.3 is 18.6 Å². The summed E-state index contributed by atoms with van der Waals surface area (Å²) in [7, 11) is 0. The Bertz CT molecular complexity index is 971. The van der Waals surface area contributed by atoms with Gasteiger partial charge in [0.15, 0.2) is 17.1 Å². The Hall–Kier alpha value is -3.22. The molecule has 0 unspecified atom stereocenters. The van der Waals surface area contributed by atoms with Gasteiger partial charge in [-0.05, 0) is 24.3 Å². The number of fused-ring (bicyclic) bond motifs is 2. The van der Waals surface area contributed by atoms with E-state index in [1.54, 1.807) is 42.5 Å². The molecule has 0 spiro atoms. The fraction of sp³-hybridized carbons (Fsp3) is 0.176. The van der Waals surface area contributed by atoms with Gasteiger partial charge in [0.1, 0.15) is 5.75 Å². The van der Waals surface area contributed by atoms with Crippen LogP contribution in [0.1, 0.15) is 6.42 Å². The summed E-state index contributed by atoms with van der Waals surface area (Å²) in [4.78, 5) is 23.9. The molecule has 0 saturated heterocycles. The summed E-state index contributed by atoms with van der Waals surface area (Å²) in [5.74, 6) is 0.579. The smallest absolute Gasteiger partial charge is 0.419 e. The van der Waals surface area contributed by atoms with E-state index >= 15 is 0 Å². The highest BCUT2D eigenvalue weighted by atomic mass is 16.7. The van der Waals surface area contributed by atoms with Gasteiger partial charge in [-0.15, -0.1) is 0 Å². The molecular weight excluding hydrogens is 314 g/mol. The van der Waals surface area contributed by atoms with E-state index < -0.39 is 11.7 Å². The number of para-hydroxylation sites is 2. The van der Waals surface area contributed by atoms with Crippen LogP contribution in [0.2, 0.25) is 0 Å². The molecule has 2 heterocycles. The Morgan fingerprint density at radius 2 is 1.96 bits per heavy atom. The van der Waals surface area contributed by atoms with Gasteiger partial charge >= 0.3 is 11.7 Å². The fourth-order valence-electron chi connectivity index (χ4n) is 2.55. The first-order chi connectivity index (χ1) is 11.7. The van der Waals surface area contributed by atoms with E-state index in [-0.39, 0.29) is 19.8 Å². The first kappa shape index (κ1) is 14.4. The van der Waals surface area contributed by atoms with Gasteiger partial charge in [0.25, 0.3) is 0 Å². The van der Waals surface area contributed by atoms with Crippen LogP contribution in [0.3, 0.4) is 0 Å². The van der Waals surface area contributed by atoms with Crippen LogP contribution in [-0.2, 0) is 11.3 Å². The third-order valence-electron chi connectivity index (χ3n) is 3.69. The second-order valence-corrected chi connectivity index (χ2v) is 5.23. The van der Waals surface area contributed by atoms with Crippen LogP contribution >= 0.6 is 0 Å². The average Bonchev–Trinajstić information content (AvgIpc) is 3.16. The maximum absolute atomic E-state index is 12.0. The summed E-state index contributed by atoms with van der Waals surface area (Å²) in [6, 6.07) is 12.0. The zero-order chi connectivity index (χ0) is 16.5. The van der Waals surface area contributed by atoms with Gasteiger partial charge in [-0.2, -0.15) is 0 Å². The van der Waals surface area contributed by atoms with Crippen molar-refractivity contribution in [2.45, 2.75) is 13.0 Å². The number of oxazole rings is 1. The number of carbonyl (C=O) groups is 1. The molecule has 24 heavy (non-hydrogen) atoms. The summed E-state index contributed by atoms with van der Waals surface area (Å²) < 4.78 is 22.2. The highest BCUT2D eigenvalue weighted by Gasteiger charge is 2.16. The molecule has 0 radical (unpaired) electrons. The molecule has 7 nitrogen and oxygen atoms in total. The van der Waals surface area contributed by atoms with Crippen molar-refractivity contribution in [2.75, 3.05) is 6.79 Å². The van der Waals surface area contributed by atoms with Crippen molar-refractivity contribution in [1.82, 2.24) is 4.57 Å². The lowest BCUT2D eigenvalue weighted by Gasteiger charge is -2.05. The highest BCUT2D eigenvalue weighted by molar-refractivity contribution is 5.74. The Labute approximate surface area is 136 Å². The summed E-state index contributed by atoms with van der Waals surface area (Å²) in [5, 5.41) is 0. The molecule has 0 aliphatic carbocycles. The van der Waals surface area contributed by atoms with E-state index in [9.17, 15) is 9.59 Å². The molecule has 0 atom stereocenters. The van der Waals surface area contributed by atoms with E-state index in [1.165, 1.54) is 4.57 Å². The molecule has 0 bridgehead atoms. The quantitative estimate of drug-likeness (QED) is 0.540. The van der Waals surface area contributed by atoms with Gasteiger partial charge in [0.05, 0.1) is 11.9 Å². The molecule has 7 heteroatoms. The van der Waals surface area contributed by atoms with E-state index in [0.717, 1.165) is 0 Å². The Balaban J connectivity index is 1.45. The fourth-order valence-corrected chi connectivity index (χ4v) is 2.55. The molecule has 0 fully saturated rings. The predicted molar refractivity (Wildman–Crippen MR) is 83.3 cm³/mol. The van der Waals surface area contributed by atoms with E-state index in [0.29, 0.717) is 28.3 Å². The second-order valence-electron chi connectivity index (χ2n) is 5.23. The minimum absolute atomic E-state index is 0.0396. The molecule has 4 rings (SSSR count). The molecule has 122 valence electrons. The first-order valence-corrected chi connectivity index (χ1v) is 7.39. The van der Waals surface area contributed by atoms with Crippen LogP contribution in [0.4, 0.5) is 0 Å². The lowest BCUT2D eigenvalue weighted by molar-refractivity contribution is -0.134. The minimum Gasteiger partial charge on any atom is -0.454 e. The maximum Gasteiger partial charge on any atom is 0.419 e. The van der Waals surface area contributed by atoms with E-state index in [2.05, 4.69) is 0 Å². The third-order valence-corrected chi connectivity index (χ3v) is 3.69. The molecular formula is C17H13NO6. The number of aromatic nitrogens is 1. The summed E-state index contributed by atoms with van der Waals surface area (Å²) in [6.07, 6.45) is 0.0396. The molecule has 1 aliphatic rings. The maximum atomic E-state index is 12.0. The molecule has 1 aliphatic heterocycles. The van der Waals surface area contributed by atoms with Crippen LogP contribution in [0.5, 0.6) is 17.2 Å². The SMILES string of the molecule is O=C(CCn1c(=O)oc2ccccc21)Oc1ccc2c(c1)OCO2. The highest BCUT2D eigenvalue weighted by Crippen LogP contribution is 2.35. The number of benzene rings is 2. The number of hydrogen-bond acceptors (Lipinski definition) is 6. The molecule has 0 saturated carbocycles. The molecule has 3 aromatic rings. The number of hydrogen-bond donors (Lipinski definition) is 0. The Kier molecular flexibility index (Phi) is 3.45. The van der Waals surface area contributed by atoms with Crippen molar-refractivity contribution in [3.63, 3.8) is 0 Å². The zero-order valence-electron chi connectivity index (χ0n) is 12.6. The van der Waals surface area contributed by atoms with Crippen molar-refractivity contribution in [3.05, 3.63) is 53.0 Å². The summed E-state index contributed by atoms with van der Waals surface area (Å²) in [5.41, 5.74) is 1.14. The number of esters is 1. The van der Waals surface area contributed by atoms with Gasteiger partial charge in [-0.1, -0.05) is 12.1 Å². The van der Waals surface area contributed by atoms with E-state index in [4.69, 9.17) is 18.6 Å². The van der Waals surface area contributed by atoms with Crippen LogP contribution in [0.25, 0.3) is 11.1 Å². The van der Waals surface area contributed by atoms with Crippen LogP contribution in [-0.4, -0.2) is 17.3 Å². The number of carbonyl (C=O) groups excluding carboxylic acids is 1. The van der Waals surface area contributed by atoms with Crippen LogP contribution in [0, 0.1) is 0 Å². The first-order valence-electron chi connectivity index (χ1n) is 7.39. The second kappa shape index (κ2) is 5.77. The number of aryl methyl sites for hydroxylation is 1. The monoisotopic (exact) mass is 327 g/mol. The van der Waals surface area contributed by atoms with Gasteiger partial charge in [-0.3, -0.25) is 9.36 Å². The lowest BCUT2D eigenvalue weighted by atomic mass is 10.3. The van der Waals surface area contributed by atoms with Crippen LogP contribution in [0.15, 0.2) is 51.7 Å². The van der Waals surface area contributed by atoms with Crippen molar-refractivity contribution >= 4 is 17.1 Å². The normalized spacial score (nSPS) is 12.5. The topological polar surface area (TPSA) is 79.9 Å². The van der Waals surface area contributed by atoms with Gasteiger partial charge in [0.2, 0.25) is 6.79 Å². The zero-order valence-corrected chi connectivity index (χ0v) is 12.6. The largest absolute Gasteiger partial charge is 0.454 e.